The number of hydrogen-bond acceptors (Lipinski definition) is 4. The third-order valence-corrected chi connectivity index (χ3v) is 1.81. The largest absolute Gasteiger partial charge is 0.351 e. The zero-order chi connectivity index (χ0) is 11.1. The van der Waals surface area contributed by atoms with E-state index in [1.165, 1.54) is 6.20 Å². The third kappa shape index (κ3) is 3.34. The number of nitrogens with zero attached hydrogens (tertiary/aromatic N) is 1. The molecule has 15 heavy (non-hydrogen) atoms. The molecule has 80 valence electrons. The van der Waals surface area contributed by atoms with Crippen LogP contribution in [0.15, 0.2) is 24.5 Å². The Labute approximate surface area is 85.2 Å². The third-order valence-electron chi connectivity index (χ3n) is 1.81. The van der Waals surface area contributed by atoms with Crippen molar-refractivity contribution in [1.82, 2.24) is 10.3 Å². The molecule has 1 N–H and O–H groups in total. The summed E-state index contributed by atoms with van der Waals surface area (Å²) in [6, 6.07) is 2.69. The molecule has 0 saturated carbocycles. The molecular weight excluding hydrogens is 203 g/mol. The van der Waals surface area contributed by atoms with Gasteiger partial charge in [0.1, 0.15) is 0 Å². The molecule has 1 aromatic heterocycles. The zero-order valence-corrected chi connectivity index (χ0v) is 7.72. The van der Waals surface area contributed by atoms with E-state index in [-0.39, 0.29) is 6.42 Å². The molecule has 0 fully saturated rings. The lowest BCUT2D eigenvalue weighted by atomic mass is 10.1. The van der Waals surface area contributed by atoms with Gasteiger partial charge in [-0.3, -0.25) is 14.7 Å². The van der Waals surface area contributed by atoms with Crippen LogP contribution in [0.5, 0.6) is 0 Å². The van der Waals surface area contributed by atoms with E-state index in [1.807, 2.05) is 0 Å². The van der Waals surface area contributed by atoms with Crippen molar-refractivity contribution < 1.29 is 19.1 Å². The number of nitrogens with one attached hydrogen (secondary N) is 1. The second-order valence-electron chi connectivity index (χ2n) is 2.78. The van der Waals surface area contributed by atoms with Crippen molar-refractivity contribution in [2.75, 3.05) is 0 Å². The predicted molar refractivity (Wildman–Crippen MR) is 48.0 cm³/mol. The average molecular weight is 212 g/mol. The minimum Gasteiger partial charge on any atom is -0.351 e. The van der Waals surface area contributed by atoms with Crippen molar-refractivity contribution >= 4 is 12.4 Å². The molecule has 1 rings (SSSR count). The smallest absolute Gasteiger partial charge is 0.351 e. The van der Waals surface area contributed by atoms with Crippen LogP contribution in [-0.4, -0.2) is 17.4 Å². The van der Waals surface area contributed by atoms with Gasteiger partial charge in [-0.05, 0) is 11.6 Å². The molecule has 0 aromatic carbocycles. The predicted octanol–water partition coefficient (Wildman–Crippen LogP) is 0.686. The number of amides is 1. The van der Waals surface area contributed by atoms with Crippen LogP contribution in [0, 0.1) is 0 Å². The van der Waals surface area contributed by atoms with Crippen LogP contribution in [0.2, 0.25) is 0 Å². The van der Waals surface area contributed by atoms with Gasteiger partial charge in [0.25, 0.3) is 0 Å². The van der Waals surface area contributed by atoms with Gasteiger partial charge >= 0.3 is 5.97 Å². The number of hydrogen-bond donors (Lipinski definition) is 1. The first kappa shape index (κ1) is 11.1. The van der Waals surface area contributed by atoms with Gasteiger partial charge in [0.05, 0.1) is 12.5 Å². The van der Waals surface area contributed by atoms with E-state index in [0.717, 1.165) is 0 Å². The van der Waals surface area contributed by atoms with Gasteiger partial charge in [-0.15, -0.1) is 0 Å². The summed E-state index contributed by atoms with van der Waals surface area (Å²) in [6.07, 6.45) is 3.19. The first-order valence-electron chi connectivity index (χ1n) is 4.19. The van der Waals surface area contributed by atoms with Crippen molar-refractivity contribution in [1.29, 1.82) is 0 Å². The highest BCUT2D eigenvalue weighted by Gasteiger charge is 2.16. The summed E-state index contributed by atoms with van der Waals surface area (Å²) in [7, 11) is 0. The Morgan fingerprint density at radius 2 is 2.53 bits per heavy atom. The maximum atomic E-state index is 11.5. The van der Waals surface area contributed by atoms with E-state index in [4.69, 9.17) is 0 Å². The van der Waals surface area contributed by atoms with Crippen LogP contribution in [-0.2, 0) is 14.5 Å². The van der Waals surface area contributed by atoms with E-state index in [1.54, 1.807) is 18.3 Å². The topological polar surface area (TPSA) is 68.3 Å². The Morgan fingerprint density at radius 3 is 3.07 bits per heavy atom. The molecule has 1 aromatic rings. The molecule has 0 saturated heterocycles. The van der Waals surface area contributed by atoms with Crippen LogP contribution >= 0.6 is 0 Å². The Balaban J connectivity index is 2.74. The van der Waals surface area contributed by atoms with Crippen LogP contribution in [0.1, 0.15) is 18.0 Å². The summed E-state index contributed by atoms with van der Waals surface area (Å²) in [5.74, 6) is -1.04. The van der Waals surface area contributed by atoms with Crippen molar-refractivity contribution in [3.8, 4) is 0 Å². The molecule has 6 heteroatoms. The van der Waals surface area contributed by atoms with E-state index >= 15 is 0 Å². The lowest BCUT2D eigenvalue weighted by Crippen LogP contribution is -2.22. The van der Waals surface area contributed by atoms with Gasteiger partial charge in [0.15, 0.2) is 0 Å². The van der Waals surface area contributed by atoms with E-state index < -0.39 is 12.0 Å². The van der Waals surface area contributed by atoms with Gasteiger partial charge < -0.3 is 5.32 Å². The highest BCUT2D eigenvalue weighted by Crippen LogP contribution is 2.15. The lowest BCUT2D eigenvalue weighted by molar-refractivity contribution is -0.184. The molecule has 1 atom stereocenters. The number of carbonyl (C=O) groups excluding carboxylic acids is 2. The molecule has 1 unspecified atom stereocenters. The maximum absolute atomic E-state index is 11.5. The first-order valence-corrected chi connectivity index (χ1v) is 4.19. The fourth-order valence-corrected chi connectivity index (χ4v) is 1.14. The lowest BCUT2D eigenvalue weighted by Gasteiger charge is -2.13. The minimum atomic E-state index is -1.04. The normalized spacial score (nSPS) is 11.5. The summed E-state index contributed by atoms with van der Waals surface area (Å²) in [6.45, 7) is 0. The van der Waals surface area contributed by atoms with Gasteiger partial charge in [-0.1, -0.05) is 6.07 Å². The number of carbonyl (C=O) groups is 2. The number of rotatable bonds is 5. The first-order chi connectivity index (χ1) is 7.27. The highest BCUT2D eigenvalue weighted by molar-refractivity contribution is 5.70. The van der Waals surface area contributed by atoms with Gasteiger partial charge in [-0.25, -0.2) is 4.79 Å². The standard InChI is InChI=1S/C9H9FN2O3/c10-15-9(14)4-8(12-6-13)7-2-1-3-11-5-7/h1-3,5-6,8H,4H2,(H,12,13). The second-order valence-corrected chi connectivity index (χ2v) is 2.78. The summed E-state index contributed by atoms with van der Waals surface area (Å²) in [4.78, 5) is 27.8. The van der Waals surface area contributed by atoms with Crippen LogP contribution < -0.4 is 5.32 Å². The quantitative estimate of drug-likeness (QED) is 0.729. The zero-order valence-electron chi connectivity index (χ0n) is 7.72. The molecule has 5 nitrogen and oxygen atoms in total. The SMILES string of the molecule is O=CNC(CC(=O)OF)c1cccnc1. The van der Waals surface area contributed by atoms with Crippen LogP contribution in [0.3, 0.4) is 0 Å². The summed E-state index contributed by atoms with van der Waals surface area (Å²) in [5, 5.41) is 2.38. The number of pyridine rings is 1. The van der Waals surface area contributed by atoms with Crippen LogP contribution in [0.25, 0.3) is 0 Å². The molecule has 0 aliphatic rings. The average Bonchev–Trinajstić information content (AvgIpc) is 2.29. The van der Waals surface area contributed by atoms with Gasteiger partial charge in [-0.2, -0.15) is 0 Å². The van der Waals surface area contributed by atoms with E-state index in [2.05, 4.69) is 15.2 Å². The Bertz CT molecular complexity index is 331. The Morgan fingerprint density at radius 1 is 1.73 bits per heavy atom. The second kappa shape index (κ2) is 5.69. The van der Waals surface area contributed by atoms with E-state index in [9.17, 15) is 14.1 Å². The summed E-state index contributed by atoms with van der Waals surface area (Å²) in [5.41, 5.74) is 0.606. The molecule has 0 aliphatic carbocycles. The fraction of sp³-hybridized carbons (Fsp3) is 0.222. The van der Waals surface area contributed by atoms with Gasteiger partial charge in [0.2, 0.25) is 6.41 Å². The Hall–Kier alpha value is -1.98. The number of halogens is 1. The molecule has 0 radical (unpaired) electrons. The van der Waals surface area contributed by atoms with Crippen molar-refractivity contribution in [2.24, 2.45) is 0 Å². The van der Waals surface area contributed by atoms with Crippen molar-refractivity contribution in [3.63, 3.8) is 0 Å². The van der Waals surface area contributed by atoms with Crippen LogP contribution in [0.4, 0.5) is 4.53 Å². The van der Waals surface area contributed by atoms with Crippen molar-refractivity contribution in [3.05, 3.63) is 30.1 Å². The maximum Gasteiger partial charge on any atom is 0.351 e. The molecule has 0 bridgehead atoms. The van der Waals surface area contributed by atoms with Gasteiger partial charge in [0, 0.05) is 16.9 Å². The highest BCUT2D eigenvalue weighted by atomic mass is 19.3. The monoisotopic (exact) mass is 212 g/mol. The molecule has 0 aliphatic heterocycles. The van der Waals surface area contributed by atoms with Crippen molar-refractivity contribution in [2.45, 2.75) is 12.5 Å². The molecule has 0 spiro atoms. The molecule has 1 amide bonds. The molecule has 1 heterocycles. The molecular formula is C9H9FN2O3. The minimum absolute atomic E-state index is 0.277. The number of aromatic nitrogens is 1. The Kier molecular flexibility index (Phi) is 4.21. The summed E-state index contributed by atoms with van der Waals surface area (Å²) >= 11 is 0. The fourth-order valence-electron chi connectivity index (χ4n) is 1.14. The van der Waals surface area contributed by atoms with E-state index in [0.29, 0.717) is 12.0 Å². The summed E-state index contributed by atoms with van der Waals surface area (Å²) < 4.78 is 11.5.